The summed E-state index contributed by atoms with van der Waals surface area (Å²) in [6, 6.07) is 6.38. The molecule has 0 amide bonds. The average molecular weight is 304 g/mol. The van der Waals surface area contributed by atoms with Crippen LogP contribution in [-0.4, -0.2) is 40.1 Å². The molecule has 1 aromatic rings. The molecular weight excluding hydrogens is 289 g/mol. The summed E-state index contributed by atoms with van der Waals surface area (Å²) in [4.78, 5) is 13.1. The van der Waals surface area contributed by atoms with Crippen LogP contribution in [0.5, 0.6) is 5.75 Å². The third-order valence-corrected chi connectivity index (χ3v) is 4.02. The van der Waals surface area contributed by atoms with Crippen molar-refractivity contribution in [3.05, 3.63) is 29.8 Å². The Labute approximate surface area is 121 Å². The van der Waals surface area contributed by atoms with Gasteiger partial charge in [0.15, 0.2) is 0 Å². The van der Waals surface area contributed by atoms with Crippen molar-refractivity contribution < 1.29 is 14.6 Å². The highest BCUT2D eigenvalue weighted by Crippen LogP contribution is 2.26. The zero-order valence-corrected chi connectivity index (χ0v) is 11.8. The van der Waals surface area contributed by atoms with E-state index in [-0.39, 0.29) is 11.3 Å². The minimum absolute atomic E-state index is 0.0819. The number of hydrogen-bond donors (Lipinski definition) is 1. The van der Waals surface area contributed by atoms with Gasteiger partial charge in [0.1, 0.15) is 16.8 Å². The Kier molecular flexibility index (Phi) is 4.91. The monoisotopic (exact) mass is 303 g/mol. The van der Waals surface area contributed by atoms with Crippen LogP contribution in [0, 0.1) is 0 Å². The molecule has 1 fully saturated rings. The second-order valence-corrected chi connectivity index (χ2v) is 5.26. The van der Waals surface area contributed by atoms with Crippen LogP contribution in [0.4, 0.5) is 0 Å². The first-order valence-electron chi connectivity index (χ1n) is 6.11. The van der Waals surface area contributed by atoms with Crippen molar-refractivity contribution in [1.29, 1.82) is 0 Å². The molecule has 1 aliphatic heterocycles. The highest BCUT2D eigenvalue weighted by molar-refractivity contribution is 6.29. The lowest BCUT2D eigenvalue weighted by Gasteiger charge is -2.26. The third-order valence-electron chi connectivity index (χ3n) is 3.06. The van der Waals surface area contributed by atoms with Gasteiger partial charge in [-0.05, 0) is 38.1 Å². The SMILES string of the molecule is O=C(O)c1ccccc1OC(Cl)C(Cl)N1CCCC1. The number of alkyl halides is 2. The van der Waals surface area contributed by atoms with Gasteiger partial charge in [0.25, 0.3) is 0 Å². The van der Waals surface area contributed by atoms with Gasteiger partial charge in [0.2, 0.25) is 5.56 Å². The van der Waals surface area contributed by atoms with Crippen LogP contribution >= 0.6 is 23.2 Å². The number of halogens is 2. The van der Waals surface area contributed by atoms with Crippen LogP contribution < -0.4 is 4.74 Å². The molecule has 6 heteroatoms. The lowest BCUT2D eigenvalue weighted by atomic mass is 10.2. The zero-order valence-electron chi connectivity index (χ0n) is 10.3. The van der Waals surface area contributed by atoms with Gasteiger partial charge in [-0.3, -0.25) is 4.90 Å². The van der Waals surface area contributed by atoms with E-state index in [0.29, 0.717) is 0 Å². The van der Waals surface area contributed by atoms with Gasteiger partial charge in [-0.2, -0.15) is 0 Å². The summed E-state index contributed by atoms with van der Waals surface area (Å²) >= 11 is 12.4. The molecule has 0 bridgehead atoms. The Hall–Kier alpha value is -0.970. The molecule has 4 nitrogen and oxygen atoms in total. The number of benzene rings is 1. The Morgan fingerprint density at radius 2 is 1.89 bits per heavy atom. The van der Waals surface area contributed by atoms with Gasteiger partial charge in [0, 0.05) is 0 Å². The molecule has 1 aromatic carbocycles. The van der Waals surface area contributed by atoms with Crippen molar-refractivity contribution in [3.8, 4) is 5.75 Å². The molecule has 0 aliphatic carbocycles. The number of hydrogen-bond acceptors (Lipinski definition) is 3. The molecule has 1 saturated heterocycles. The lowest BCUT2D eigenvalue weighted by molar-refractivity contribution is 0.0690. The Morgan fingerprint density at radius 3 is 2.53 bits per heavy atom. The summed E-state index contributed by atoms with van der Waals surface area (Å²) in [5, 5.41) is 9.06. The van der Waals surface area contributed by atoms with E-state index in [9.17, 15) is 4.79 Å². The number of carbonyl (C=O) groups is 1. The molecule has 0 radical (unpaired) electrons. The normalized spacial score (nSPS) is 19.1. The summed E-state index contributed by atoms with van der Waals surface area (Å²) in [5.41, 5.74) is -1.18. The first-order chi connectivity index (χ1) is 9.09. The maximum atomic E-state index is 11.1. The van der Waals surface area contributed by atoms with E-state index in [2.05, 4.69) is 0 Å². The molecule has 104 valence electrons. The fourth-order valence-electron chi connectivity index (χ4n) is 2.08. The van der Waals surface area contributed by atoms with E-state index in [1.54, 1.807) is 18.2 Å². The van der Waals surface area contributed by atoms with Crippen LogP contribution in [0.15, 0.2) is 24.3 Å². The van der Waals surface area contributed by atoms with Crippen LogP contribution in [-0.2, 0) is 0 Å². The highest BCUT2D eigenvalue weighted by Gasteiger charge is 2.28. The van der Waals surface area contributed by atoms with E-state index in [1.807, 2.05) is 4.90 Å². The van der Waals surface area contributed by atoms with Gasteiger partial charge in [0.05, 0.1) is 0 Å². The molecule has 2 atom stereocenters. The molecule has 0 aromatic heterocycles. The number of nitrogens with zero attached hydrogens (tertiary/aromatic N) is 1. The highest BCUT2D eigenvalue weighted by atomic mass is 35.5. The van der Waals surface area contributed by atoms with E-state index < -0.39 is 17.0 Å². The van der Waals surface area contributed by atoms with E-state index >= 15 is 0 Å². The topological polar surface area (TPSA) is 49.8 Å². The zero-order chi connectivity index (χ0) is 13.8. The number of ether oxygens (including phenoxy) is 1. The second-order valence-electron chi connectivity index (χ2n) is 4.39. The van der Waals surface area contributed by atoms with Crippen molar-refractivity contribution >= 4 is 29.2 Å². The van der Waals surface area contributed by atoms with Crippen LogP contribution in [0.2, 0.25) is 0 Å². The van der Waals surface area contributed by atoms with Crippen molar-refractivity contribution in [2.75, 3.05) is 13.1 Å². The van der Waals surface area contributed by atoms with Gasteiger partial charge < -0.3 is 9.84 Å². The molecule has 0 spiro atoms. The fraction of sp³-hybridized carbons (Fsp3) is 0.462. The minimum Gasteiger partial charge on any atom is -0.478 e. The molecule has 0 saturated carbocycles. The quantitative estimate of drug-likeness (QED) is 0.671. The molecule has 1 heterocycles. The Morgan fingerprint density at radius 1 is 1.26 bits per heavy atom. The van der Waals surface area contributed by atoms with Gasteiger partial charge in [-0.15, -0.1) is 11.6 Å². The molecule has 1 aliphatic rings. The summed E-state index contributed by atoms with van der Waals surface area (Å²) < 4.78 is 5.49. The summed E-state index contributed by atoms with van der Waals surface area (Å²) in [5.74, 6) is -0.813. The molecule has 2 rings (SSSR count). The standard InChI is InChI=1S/C13H15Cl2NO3/c14-11(16-7-3-4-8-16)12(15)19-10-6-2-1-5-9(10)13(17)18/h1-2,5-6,11-12H,3-4,7-8H2,(H,17,18). The van der Waals surface area contributed by atoms with Gasteiger partial charge in [-0.1, -0.05) is 23.7 Å². The van der Waals surface area contributed by atoms with Crippen molar-refractivity contribution in [2.45, 2.75) is 23.9 Å². The smallest absolute Gasteiger partial charge is 0.339 e. The first kappa shape index (κ1) is 14.4. The van der Waals surface area contributed by atoms with E-state index in [4.69, 9.17) is 33.0 Å². The predicted molar refractivity (Wildman–Crippen MR) is 74.1 cm³/mol. The van der Waals surface area contributed by atoms with E-state index in [1.165, 1.54) is 6.07 Å². The molecule has 19 heavy (non-hydrogen) atoms. The summed E-state index contributed by atoms with van der Waals surface area (Å²) in [6.45, 7) is 1.78. The number of aromatic carboxylic acids is 1. The molecule has 1 N–H and O–H groups in total. The van der Waals surface area contributed by atoms with Crippen molar-refractivity contribution in [2.24, 2.45) is 0 Å². The minimum atomic E-state index is -1.05. The third kappa shape index (κ3) is 3.53. The summed E-state index contributed by atoms with van der Waals surface area (Å²) in [6.07, 6.45) is 2.19. The lowest BCUT2D eigenvalue weighted by Crippen LogP contribution is -2.38. The first-order valence-corrected chi connectivity index (χ1v) is 6.98. The Bertz CT molecular complexity index is 449. The van der Waals surface area contributed by atoms with Crippen LogP contribution in [0.25, 0.3) is 0 Å². The van der Waals surface area contributed by atoms with Crippen LogP contribution in [0.1, 0.15) is 23.2 Å². The maximum absolute atomic E-state index is 11.1. The number of rotatable bonds is 5. The number of likely N-dealkylation sites (tertiary alicyclic amines) is 1. The Balaban J connectivity index is 2.05. The van der Waals surface area contributed by atoms with Crippen molar-refractivity contribution in [1.82, 2.24) is 4.90 Å². The van der Waals surface area contributed by atoms with Gasteiger partial charge in [-0.25, -0.2) is 4.79 Å². The number of carboxylic acids is 1. The maximum Gasteiger partial charge on any atom is 0.339 e. The van der Waals surface area contributed by atoms with Crippen molar-refractivity contribution in [3.63, 3.8) is 0 Å². The average Bonchev–Trinajstić information content (AvgIpc) is 2.92. The fourth-order valence-corrected chi connectivity index (χ4v) is 2.58. The molecular formula is C13H15Cl2NO3. The van der Waals surface area contributed by atoms with Gasteiger partial charge >= 0.3 is 5.97 Å². The summed E-state index contributed by atoms with van der Waals surface area (Å²) in [7, 11) is 0. The second kappa shape index (κ2) is 6.46. The van der Waals surface area contributed by atoms with Crippen LogP contribution in [0.3, 0.4) is 0 Å². The predicted octanol–water partition coefficient (Wildman–Crippen LogP) is 2.99. The largest absolute Gasteiger partial charge is 0.478 e. The van der Waals surface area contributed by atoms with E-state index in [0.717, 1.165) is 25.9 Å². The molecule has 2 unspecified atom stereocenters. The number of para-hydroxylation sites is 1. The number of carboxylic acid groups (broad SMARTS) is 1.